The molecule has 0 aliphatic heterocycles. The van der Waals surface area contributed by atoms with Crippen LogP contribution in [0, 0.1) is 0 Å². The maximum Gasteiger partial charge on any atom is 0.326 e. The molecule has 0 fully saturated rings. The molecule has 0 bridgehead atoms. The van der Waals surface area contributed by atoms with E-state index in [2.05, 4.69) is 5.32 Å². The highest BCUT2D eigenvalue weighted by molar-refractivity contribution is 6.42. The number of aliphatic hydroxyl groups excluding tert-OH is 1. The summed E-state index contributed by atoms with van der Waals surface area (Å²) in [5, 5.41) is 20.6. The van der Waals surface area contributed by atoms with Crippen molar-refractivity contribution in [3.05, 3.63) is 39.9 Å². The fourth-order valence-electron chi connectivity index (χ4n) is 1.39. The molecule has 0 heterocycles. The SMILES string of the molecule is O=C(C=Cc1ccc(Cl)c(Cl)c1)NC(CCO)C(=O)O. The molecule has 1 aromatic rings. The van der Waals surface area contributed by atoms with Crippen molar-refractivity contribution in [3.8, 4) is 0 Å². The molecule has 0 radical (unpaired) electrons. The smallest absolute Gasteiger partial charge is 0.326 e. The Balaban J connectivity index is 2.67. The quantitative estimate of drug-likeness (QED) is 0.700. The number of carboxylic acids is 1. The molecule has 1 amide bonds. The van der Waals surface area contributed by atoms with Gasteiger partial charge in [-0.25, -0.2) is 4.79 Å². The summed E-state index contributed by atoms with van der Waals surface area (Å²) < 4.78 is 0. The monoisotopic (exact) mass is 317 g/mol. The van der Waals surface area contributed by atoms with Crippen molar-refractivity contribution in [2.45, 2.75) is 12.5 Å². The van der Waals surface area contributed by atoms with Gasteiger partial charge in [0.25, 0.3) is 0 Å². The number of carbonyl (C=O) groups is 2. The third-order valence-corrected chi connectivity index (χ3v) is 3.14. The Bertz CT molecular complexity index is 531. The van der Waals surface area contributed by atoms with Crippen molar-refractivity contribution in [2.24, 2.45) is 0 Å². The predicted octanol–water partition coefficient (Wildman–Crippen LogP) is 1.96. The van der Waals surface area contributed by atoms with Crippen molar-refractivity contribution in [1.29, 1.82) is 0 Å². The maximum absolute atomic E-state index is 11.6. The summed E-state index contributed by atoms with van der Waals surface area (Å²) >= 11 is 11.6. The van der Waals surface area contributed by atoms with Crippen LogP contribution < -0.4 is 5.32 Å². The normalized spacial score (nSPS) is 12.3. The number of carboxylic acid groups (broad SMARTS) is 1. The van der Waals surface area contributed by atoms with Gasteiger partial charge in [0.1, 0.15) is 6.04 Å². The van der Waals surface area contributed by atoms with Crippen LogP contribution in [0.4, 0.5) is 0 Å². The summed E-state index contributed by atoms with van der Waals surface area (Å²) in [6, 6.07) is 3.72. The van der Waals surface area contributed by atoms with E-state index in [9.17, 15) is 9.59 Å². The molecule has 0 spiro atoms. The Hall–Kier alpha value is -1.56. The average molecular weight is 318 g/mol. The number of rotatable bonds is 6. The Kier molecular flexibility index (Phi) is 6.51. The lowest BCUT2D eigenvalue weighted by Crippen LogP contribution is -2.40. The molecule has 1 unspecified atom stereocenters. The number of benzene rings is 1. The zero-order chi connectivity index (χ0) is 15.1. The Labute approximate surface area is 125 Å². The topological polar surface area (TPSA) is 86.6 Å². The van der Waals surface area contributed by atoms with Gasteiger partial charge >= 0.3 is 5.97 Å². The highest BCUT2D eigenvalue weighted by Gasteiger charge is 2.17. The minimum atomic E-state index is -1.20. The first kappa shape index (κ1) is 16.5. The third-order valence-electron chi connectivity index (χ3n) is 2.40. The van der Waals surface area contributed by atoms with Gasteiger partial charge in [-0.3, -0.25) is 4.79 Å². The van der Waals surface area contributed by atoms with Crippen LogP contribution in [0.3, 0.4) is 0 Å². The van der Waals surface area contributed by atoms with Gasteiger partial charge in [-0.05, 0) is 23.8 Å². The molecule has 0 saturated heterocycles. The van der Waals surface area contributed by atoms with E-state index in [1.54, 1.807) is 18.2 Å². The van der Waals surface area contributed by atoms with Gasteiger partial charge in [0, 0.05) is 19.1 Å². The van der Waals surface area contributed by atoms with E-state index in [4.69, 9.17) is 33.4 Å². The number of hydrogen-bond acceptors (Lipinski definition) is 3. The highest BCUT2D eigenvalue weighted by atomic mass is 35.5. The molecule has 7 heteroatoms. The summed E-state index contributed by atoms with van der Waals surface area (Å²) in [4.78, 5) is 22.4. The van der Waals surface area contributed by atoms with Gasteiger partial charge in [0.05, 0.1) is 10.0 Å². The second-order valence-electron chi connectivity index (χ2n) is 3.92. The lowest BCUT2D eigenvalue weighted by Gasteiger charge is -2.11. The van der Waals surface area contributed by atoms with Crippen LogP contribution in [0.2, 0.25) is 10.0 Å². The minimum absolute atomic E-state index is 0.0539. The van der Waals surface area contributed by atoms with Crippen molar-refractivity contribution < 1.29 is 19.8 Å². The van der Waals surface area contributed by atoms with Crippen molar-refractivity contribution in [2.75, 3.05) is 6.61 Å². The largest absolute Gasteiger partial charge is 0.480 e. The second-order valence-corrected chi connectivity index (χ2v) is 4.73. The van der Waals surface area contributed by atoms with Gasteiger partial charge in [-0.1, -0.05) is 29.3 Å². The van der Waals surface area contributed by atoms with Crippen molar-refractivity contribution in [1.82, 2.24) is 5.32 Å². The molecular formula is C13H13Cl2NO4. The van der Waals surface area contributed by atoms with Gasteiger partial charge in [-0.2, -0.15) is 0 Å². The summed E-state index contributed by atoms with van der Waals surface area (Å²) in [5.41, 5.74) is 0.656. The molecule has 1 atom stereocenters. The molecule has 0 saturated carbocycles. The molecule has 3 N–H and O–H groups in total. The van der Waals surface area contributed by atoms with Crippen molar-refractivity contribution >= 4 is 41.2 Å². The summed E-state index contributed by atoms with van der Waals surface area (Å²) in [7, 11) is 0. The number of aliphatic hydroxyl groups is 1. The molecule has 0 aliphatic rings. The van der Waals surface area contributed by atoms with Crippen LogP contribution in [-0.2, 0) is 9.59 Å². The van der Waals surface area contributed by atoms with Crippen LogP contribution in [0.25, 0.3) is 6.08 Å². The molecular weight excluding hydrogens is 305 g/mol. The Morgan fingerprint density at radius 3 is 2.55 bits per heavy atom. The Morgan fingerprint density at radius 2 is 2.00 bits per heavy atom. The van der Waals surface area contributed by atoms with E-state index in [-0.39, 0.29) is 13.0 Å². The van der Waals surface area contributed by atoms with Gasteiger partial charge in [0.2, 0.25) is 5.91 Å². The van der Waals surface area contributed by atoms with Crippen molar-refractivity contribution in [3.63, 3.8) is 0 Å². The molecule has 0 aliphatic carbocycles. The summed E-state index contributed by atoms with van der Waals surface area (Å²) in [6.07, 6.45) is 2.62. The molecule has 1 rings (SSSR count). The van der Waals surface area contributed by atoms with Gasteiger partial charge in [-0.15, -0.1) is 0 Å². The third kappa shape index (κ3) is 5.21. The zero-order valence-electron chi connectivity index (χ0n) is 10.3. The number of amides is 1. The molecule has 1 aromatic carbocycles. The van der Waals surface area contributed by atoms with E-state index >= 15 is 0 Å². The maximum atomic E-state index is 11.6. The standard InChI is InChI=1S/C13H13Cl2NO4/c14-9-3-1-8(7-10(9)15)2-4-12(18)16-11(5-6-17)13(19)20/h1-4,7,11,17H,5-6H2,(H,16,18)(H,19,20). The van der Waals surface area contributed by atoms with Crippen LogP contribution in [0.5, 0.6) is 0 Å². The van der Waals surface area contributed by atoms with E-state index in [1.807, 2.05) is 0 Å². The average Bonchev–Trinajstić information content (AvgIpc) is 2.39. The van der Waals surface area contributed by atoms with Gasteiger partial charge < -0.3 is 15.5 Å². The first-order valence-corrected chi connectivity index (χ1v) is 6.47. The summed E-state index contributed by atoms with van der Waals surface area (Å²) in [5.74, 6) is -1.77. The zero-order valence-corrected chi connectivity index (χ0v) is 11.9. The molecule has 20 heavy (non-hydrogen) atoms. The number of nitrogens with one attached hydrogen (secondary N) is 1. The first-order chi connectivity index (χ1) is 9.43. The van der Waals surface area contributed by atoms with Crippen LogP contribution in [0.15, 0.2) is 24.3 Å². The van der Waals surface area contributed by atoms with Gasteiger partial charge in [0.15, 0.2) is 0 Å². The number of carbonyl (C=O) groups excluding carboxylic acids is 1. The minimum Gasteiger partial charge on any atom is -0.480 e. The predicted molar refractivity (Wildman–Crippen MR) is 76.8 cm³/mol. The fourth-order valence-corrected chi connectivity index (χ4v) is 1.70. The highest BCUT2D eigenvalue weighted by Crippen LogP contribution is 2.23. The molecule has 5 nitrogen and oxygen atoms in total. The fraction of sp³-hybridized carbons (Fsp3) is 0.231. The van der Waals surface area contributed by atoms with E-state index in [0.717, 1.165) is 0 Å². The lowest BCUT2D eigenvalue weighted by atomic mass is 10.2. The Morgan fingerprint density at radius 1 is 1.30 bits per heavy atom. The van der Waals surface area contributed by atoms with Crippen LogP contribution >= 0.6 is 23.2 Å². The second kappa shape index (κ2) is 7.89. The molecule has 108 valence electrons. The van der Waals surface area contributed by atoms with E-state index < -0.39 is 17.9 Å². The molecule has 0 aromatic heterocycles. The number of hydrogen-bond donors (Lipinski definition) is 3. The first-order valence-electron chi connectivity index (χ1n) is 5.71. The van der Waals surface area contributed by atoms with E-state index in [0.29, 0.717) is 15.6 Å². The summed E-state index contributed by atoms with van der Waals surface area (Å²) in [6.45, 7) is -0.326. The number of halogens is 2. The lowest BCUT2D eigenvalue weighted by molar-refractivity contribution is -0.141. The van der Waals surface area contributed by atoms with E-state index in [1.165, 1.54) is 12.2 Å². The van der Waals surface area contributed by atoms with Crippen LogP contribution in [0.1, 0.15) is 12.0 Å². The number of aliphatic carboxylic acids is 1. The van der Waals surface area contributed by atoms with Crippen LogP contribution in [-0.4, -0.2) is 34.7 Å².